The minimum absolute atomic E-state index is 0.0119. The van der Waals surface area contributed by atoms with E-state index < -0.39 is 24.1 Å². The molecule has 1 spiro atoms. The highest BCUT2D eigenvalue weighted by Gasteiger charge is 2.74. The van der Waals surface area contributed by atoms with E-state index in [1.165, 1.54) is 5.57 Å². The lowest BCUT2D eigenvalue weighted by Crippen LogP contribution is -2.54. The van der Waals surface area contributed by atoms with Crippen LogP contribution in [-0.4, -0.2) is 54.4 Å². The van der Waals surface area contributed by atoms with Gasteiger partial charge in [0.1, 0.15) is 17.8 Å². The number of methoxy groups -OCH3 is 1. The minimum Gasteiger partial charge on any atom is -0.457 e. The first kappa shape index (κ1) is 24.4. The first-order valence-corrected chi connectivity index (χ1v) is 13.4. The Bertz CT molecular complexity index is 1090. The molecule has 3 fully saturated rings. The Morgan fingerprint density at radius 3 is 2.64 bits per heavy atom. The predicted octanol–water partition coefficient (Wildman–Crippen LogP) is 4.00. The average molecular weight is 499 g/mol. The normalized spacial score (nSPS) is 48.1. The number of hydrogen-bond acceptors (Lipinski definition) is 7. The Hall–Kier alpha value is -1.96. The van der Waals surface area contributed by atoms with Crippen LogP contribution >= 0.6 is 0 Å². The fourth-order valence-electron chi connectivity index (χ4n) is 9.00. The quantitative estimate of drug-likeness (QED) is 0.576. The average Bonchev–Trinajstić information content (AvgIpc) is 3.18. The van der Waals surface area contributed by atoms with Crippen LogP contribution in [0.15, 0.2) is 34.4 Å². The van der Waals surface area contributed by atoms with Crippen molar-refractivity contribution >= 4 is 11.9 Å². The topological polar surface area (TPSA) is 91.3 Å². The minimum atomic E-state index is -0.761. The molecular formula is C29H38O7. The van der Waals surface area contributed by atoms with Crippen LogP contribution < -0.4 is 0 Å². The number of aliphatic hydroxyl groups is 1. The SMILES string of the molecule is CO[C@@H]1O[C@@](C)([C@H]2CC(C)=C(C)C(=O)O2)[C@H]2C[C@H](O)[C@@H]3C4C[C@H]5OC(=O)CC=CC5=C(C)[C@H]4CC[C@]123. The van der Waals surface area contributed by atoms with Crippen molar-refractivity contribution in [1.82, 2.24) is 0 Å². The third-order valence-electron chi connectivity index (χ3n) is 10.8. The molecule has 0 aromatic heterocycles. The van der Waals surface area contributed by atoms with Gasteiger partial charge in [-0.15, -0.1) is 0 Å². The van der Waals surface area contributed by atoms with E-state index in [-0.39, 0.29) is 41.2 Å². The van der Waals surface area contributed by atoms with Gasteiger partial charge in [-0.25, -0.2) is 4.79 Å². The molecule has 6 rings (SSSR count). The number of ether oxygens (including phenoxy) is 4. The summed E-state index contributed by atoms with van der Waals surface area (Å²) in [6.07, 6.45) is 6.32. The smallest absolute Gasteiger partial charge is 0.334 e. The van der Waals surface area contributed by atoms with Crippen molar-refractivity contribution < 1.29 is 33.6 Å². The first-order chi connectivity index (χ1) is 17.1. The molecule has 6 aliphatic rings. The van der Waals surface area contributed by atoms with E-state index in [1.54, 1.807) is 7.11 Å². The van der Waals surface area contributed by atoms with Crippen molar-refractivity contribution in [3.05, 3.63) is 34.4 Å². The van der Waals surface area contributed by atoms with E-state index in [4.69, 9.17) is 18.9 Å². The molecule has 10 atom stereocenters. The zero-order valence-corrected chi connectivity index (χ0v) is 21.9. The predicted molar refractivity (Wildman–Crippen MR) is 130 cm³/mol. The molecule has 3 heterocycles. The van der Waals surface area contributed by atoms with Crippen molar-refractivity contribution in [2.45, 2.75) is 96.4 Å². The van der Waals surface area contributed by atoms with Crippen LogP contribution in [-0.2, 0) is 28.5 Å². The highest BCUT2D eigenvalue weighted by Crippen LogP contribution is 2.71. The van der Waals surface area contributed by atoms with E-state index in [1.807, 2.05) is 26.8 Å². The number of aliphatic hydroxyl groups excluding tert-OH is 1. The van der Waals surface area contributed by atoms with Crippen molar-refractivity contribution in [1.29, 1.82) is 0 Å². The summed E-state index contributed by atoms with van der Waals surface area (Å²) in [7, 11) is 1.68. The zero-order chi connectivity index (χ0) is 25.6. The molecule has 0 radical (unpaired) electrons. The van der Waals surface area contributed by atoms with E-state index in [0.717, 1.165) is 24.0 Å². The molecule has 7 nitrogen and oxygen atoms in total. The Kier molecular flexibility index (Phi) is 5.60. The second kappa shape index (κ2) is 8.27. The van der Waals surface area contributed by atoms with Gasteiger partial charge in [0.25, 0.3) is 0 Å². The maximum Gasteiger partial charge on any atom is 0.334 e. The highest BCUT2D eigenvalue weighted by molar-refractivity contribution is 5.89. The highest BCUT2D eigenvalue weighted by atomic mass is 16.7. The van der Waals surface area contributed by atoms with Crippen LogP contribution in [0.2, 0.25) is 0 Å². The third kappa shape index (κ3) is 3.15. The molecule has 196 valence electrons. The first-order valence-electron chi connectivity index (χ1n) is 13.4. The van der Waals surface area contributed by atoms with Gasteiger partial charge in [0.2, 0.25) is 0 Å². The van der Waals surface area contributed by atoms with Crippen molar-refractivity contribution in [3.8, 4) is 0 Å². The third-order valence-corrected chi connectivity index (χ3v) is 10.8. The number of carbonyl (C=O) groups is 2. The number of hydrogen-bond donors (Lipinski definition) is 1. The van der Waals surface area contributed by atoms with E-state index in [2.05, 4.69) is 13.0 Å². The van der Waals surface area contributed by atoms with E-state index >= 15 is 0 Å². The van der Waals surface area contributed by atoms with Crippen LogP contribution in [0, 0.1) is 29.1 Å². The van der Waals surface area contributed by atoms with Gasteiger partial charge in [-0.1, -0.05) is 23.3 Å². The zero-order valence-electron chi connectivity index (χ0n) is 21.9. The van der Waals surface area contributed by atoms with E-state index in [9.17, 15) is 14.7 Å². The van der Waals surface area contributed by atoms with Gasteiger partial charge in [-0.05, 0) is 76.7 Å². The van der Waals surface area contributed by atoms with Gasteiger partial charge in [0.05, 0.1) is 12.5 Å². The van der Waals surface area contributed by atoms with Crippen molar-refractivity contribution in [2.24, 2.45) is 29.1 Å². The summed E-state index contributed by atoms with van der Waals surface area (Å²) in [5, 5.41) is 11.7. The second-order valence-electron chi connectivity index (χ2n) is 12.1. The van der Waals surface area contributed by atoms with Crippen LogP contribution in [0.3, 0.4) is 0 Å². The summed E-state index contributed by atoms with van der Waals surface area (Å²) in [5.74, 6) is -0.0572. The Morgan fingerprint density at radius 1 is 1.14 bits per heavy atom. The number of allylic oxidation sites excluding steroid dienone is 1. The van der Waals surface area contributed by atoms with Crippen LogP contribution in [0.4, 0.5) is 0 Å². The lowest BCUT2D eigenvalue weighted by atomic mass is 9.52. The molecule has 0 aromatic rings. The van der Waals surface area contributed by atoms with Gasteiger partial charge < -0.3 is 24.1 Å². The number of fused-ring (bicyclic) bond motifs is 3. The second-order valence-corrected chi connectivity index (χ2v) is 12.1. The number of carbonyl (C=O) groups excluding carboxylic acids is 2. The van der Waals surface area contributed by atoms with Gasteiger partial charge >= 0.3 is 11.9 Å². The van der Waals surface area contributed by atoms with Gasteiger partial charge in [0, 0.05) is 30.4 Å². The molecule has 0 amide bonds. The van der Waals surface area contributed by atoms with Crippen LogP contribution in [0.25, 0.3) is 0 Å². The summed E-state index contributed by atoms with van der Waals surface area (Å²) < 4.78 is 24.6. The number of cyclic esters (lactones) is 1. The number of rotatable bonds is 2. The van der Waals surface area contributed by atoms with Crippen molar-refractivity contribution in [3.63, 3.8) is 0 Å². The molecule has 0 bridgehead atoms. The molecule has 1 N–H and O–H groups in total. The van der Waals surface area contributed by atoms with Crippen LogP contribution in [0.1, 0.15) is 66.2 Å². The summed E-state index contributed by atoms with van der Waals surface area (Å²) in [5.41, 5.74) is 2.96. The fraction of sp³-hybridized carbons (Fsp3) is 0.724. The summed E-state index contributed by atoms with van der Waals surface area (Å²) in [6, 6.07) is 0. The summed E-state index contributed by atoms with van der Waals surface area (Å²) in [6.45, 7) is 8.01. The molecular weight excluding hydrogens is 460 g/mol. The lowest BCUT2D eigenvalue weighted by Gasteiger charge is -2.53. The largest absolute Gasteiger partial charge is 0.457 e. The molecule has 3 aliphatic carbocycles. The van der Waals surface area contributed by atoms with E-state index in [0.29, 0.717) is 37.2 Å². The van der Waals surface area contributed by atoms with Crippen molar-refractivity contribution in [2.75, 3.05) is 7.11 Å². The molecule has 36 heavy (non-hydrogen) atoms. The monoisotopic (exact) mass is 498 g/mol. The standard InChI is InChI=1S/C29H38O7/c1-14-11-23(35-26(32)15(14)2)28(4)22-13-20(30)25-19-12-21-18(7-6-8-24(31)34-21)16(3)17(19)9-10-29(22,25)27(33-5)36-28/h6-7,17,19-23,25,27,30H,8-13H2,1-5H3/t17-,19?,20+,21-,22-,23-,25+,27-,28-,29+/m1/s1. The lowest BCUT2D eigenvalue weighted by molar-refractivity contribution is -0.231. The Labute approximate surface area is 212 Å². The fourth-order valence-corrected chi connectivity index (χ4v) is 9.00. The summed E-state index contributed by atoms with van der Waals surface area (Å²) >= 11 is 0. The summed E-state index contributed by atoms with van der Waals surface area (Å²) in [4.78, 5) is 24.9. The Balaban J connectivity index is 1.39. The molecule has 1 saturated heterocycles. The number of esters is 2. The molecule has 0 aromatic carbocycles. The molecule has 1 unspecified atom stereocenters. The van der Waals surface area contributed by atoms with Gasteiger partial charge in [0.15, 0.2) is 6.29 Å². The molecule has 3 aliphatic heterocycles. The van der Waals surface area contributed by atoms with Gasteiger partial charge in [-0.3, -0.25) is 4.79 Å². The maximum absolute atomic E-state index is 12.6. The van der Waals surface area contributed by atoms with Crippen LogP contribution in [0.5, 0.6) is 0 Å². The molecule has 7 heteroatoms. The molecule has 2 saturated carbocycles. The maximum atomic E-state index is 12.6. The van der Waals surface area contributed by atoms with Gasteiger partial charge in [-0.2, -0.15) is 0 Å². The Morgan fingerprint density at radius 2 is 1.92 bits per heavy atom.